The molecule has 0 saturated heterocycles. The Morgan fingerprint density at radius 3 is 2.33 bits per heavy atom. The number of ether oxygens (including phenoxy) is 1. The molecule has 0 fully saturated rings. The van der Waals surface area contributed by atoms with E-state index in [0.29, 0.717) is 18.6 Å². The van der Waals surface area contributed by atoms with Gasteiger partial charge in [0.2, 0.25) is 0 Å². The Morgan fingerprint density at radius 2 is 1.90 bits per heavy atom. The van der Waals surface area contributed by atoms with Gasteiger partial charge in [0, 0.05) is 16.7 Å². The molecule has 0 saturated carbocycles. The van der Waals surface area contributed by atoms with Crippen molar-refractivity contribution in [3.05, 3.63) is 23.8 Å². The number of hydrogen-bond donors (Lipinski definition) is 1. The van der Waals surface area contributed by atoms with Crippen LogP contribution in [0.25, 0.3) is 0 Å². The van der Waals surface area contributed by atoms with Crippen molar-refractivity contribution in [2.75, 3.05) is 6.61 Å². The highest BCUT2D eigenvalue weighted by Crippen LogP contribution is 2.27. The zero-order valence-electron chi connectivity index (χ0n) is 11.3. The molecule has 0 aliphatic carbocycles. The number of nitrogens with one attached hydrogen (secondary N) is 1. The number of rotatable bonds is 6. The molecule has 0 radical (unpaired) electrons. The van der Waals surface area contributed by atoms with Crippen LogP contribution < -0.4 is 10.1 Å². The maximum absolute atomic E-state index is 13.6. The molecule has 9 heteroatoms. The second-order valence-electron chi connectivity index (χ2n) is 4.32. The highest BCUT2D eigenvalue weighted by Gasteiger charge is 2.20. The molecule has 0 heterocycles. The summed E-state index contributed by atoms with van der Waals surface area (Å²) in [5.41, 5.74) is 0. The van der Waals surface area contributed by atoms with E-state index in [4.69, 9.17) is 15.4 Å². The molecule has 0 aliphatic heterocycles. The van der Waals surface area contributed by atoms with Crippen LogP contribution in [-0.2, 0) is 13.8 Å². The second kappa shape index (κ2) is 7.04. The van der Waals surface area contributed by atoms with Crippen molar-refractivity contribution in [1.82, 2.24) is 5.32 Å². The molecule has 1 unspecified atom stereocenters. The first-order chi connectivity index (χ1) is 9.65. The lowest BCUT2D eigenvalue weighted by Gasteiger charge is -2.13. The maximum atomic E-state index is 13.6. The minimum absolute atomic E-state index is 0.0976. The lowest BCUT2D eigenvalue weighted by Crippen LogP contribution is -2.35. The zero-order chi connectivity index (χ0) is 16.2. The van der Waals surface area contributed by atoms with Gasteiger partial charge in [0.05, 0.1) is 4.90 Å². The van der Waals surface area contributed by atoms with Crippen LogP contribution in [0, 0.1) is 11.6 Å². The Kier molecular flexibility index (Phi) is 5.91. The van der Waals surface area contributed by atoms with Crippen molar-refractivity contribution in [1.29, 1.82) is 0 Å². The molecule has 1 aromatic rings. The third-order valence-corrected chi connectivity index (χ3v) is 3.95. The van der Waals surface area contributed by atoms with Gasteiger partial charge in [-0.25, -0.2) is 17.2 Å². The first-order valence-electron chi connectivity index (χ1n) is 6.01. The molecule has 0 bridgehead atoms. The van der Waals surface area contributed by atoms with Gasteiger partial charge in [0.1, 0.15) is 0 Å². The van der Waals surface area contributed by atoms with Crippen molar-refractivity contribution >= 4 is 25.6 Å². The van der Waals surface area contributed by atoms with Gasteiger partial charge in [-0.05, 0) is 25.5 Å². The number of hydrogen-bond acceptors (Lipinski definition) is 4. The van der Waals surface area contributed by atoms with Crippen LogP contribution in [0.3, 0.4) is 0 Å². The van der Waals surface area contributed by atoms with Crippen molar-refractivity contribution in [2.45, 2.75) is 31.2 Å². The minimum Gasteiger partial charge on any atom is -0.478 e. The van der Waals surface area contributed by atoms with E-state index in [0.717, 1.165) is 0 Å². The van der Waals surface area contributed by atoms with E-state index in [1.165, 1.54) is 0 Å². The van der Waals surface area contributed by atoms with Crippen LogP contribution in [0.5, 0.6) is 5.75 Å². The Labute approximate surface area is 125 Å². The summed E-state index contributed by atoms with van der Waals surface area (Å²) in [5.74, 6) is -3.90. The van der Waals surface area contributed by atoms with Crippen LogP contribution in [0.4, 0.5) is 8.78 Å². The van der Waals surface area contributed by atoms with Crippen molar-refractivity contribution in [3.8, 4) is 5.75 Å². The van der Waals surface area contributed by atoms with Crippen LogP contribution in [-0.4, -0.2) is 27.0 Å². The third kappa shape index (κ3) is 5.13. The Hall–Kier alpha value is -1.41. The summed E-state index contributed by atoms with van der Waals surface area (Å²) in [6.45, 7) is 3.03. The molecule has 21 heavy (non-hydrogen) atoms. The van der Waals surface area contributed by atoms with E-state index in [2.05, 4.69) is 5.32 Å². The van der Waals surface area contributed by atoms with Gasteiger partial charge in [-0.2, -0.15) is 0 Å². The molecule has 0 aromatic heterocycles. The first kappa shape index (κ1) is 17.6. The Morgan fingerprint density at radius 1 is 1.38 bits per heavy atom. The lowest BCUT2D eigenvalue weighted by atomic mass is 10.2. The fraction of sp³-hybridized carbons (Fsp3) is 0.417. The van der Waals surface area contributed by atoms with Gasteiger partial charge in [-0.15, -0.1) is 0 Å². The van der Waals surface area contributed by atoms with Crippen LogP contribution in [0.1, 0.15) is 20.3 Å². The summed E-state index contributed by atoms with van der Waals surface area (Å²) in [4.78, 5) is 10.7. The van der Waals surface area contributed by atoms with E-state index in [1.807, 2.05) is 6.92 Å². The third-order valence-electron chi connectivity index (χ3n) is 2.62. The first-order valence-corrected chi connectivity index (χ1v) is 8.32. The van der Waals surface area contributed by atoms with Crippen molar-refractivity contribution in [2.24, 2.45) is 0 Å². The molecule has 118 valence electrons. The van der Waals surface area contributed by atoms with Gasteiger partial charge in [-0.1, -0.05) is 6.92 Å². The summed E-state index contributed by atoms with van der Waals surface area (Å²) in [7, 11) is 0.732. The quantitative estimate of drug-likeness (QED) is 0.805. The molecular formula is C12H14ClF2NO4S. The lowest BCUT2D eigenvalue weighted by molar-refractivity contribution is -0.123. The normalized spacial score (nSPS) is 12.8. The molecule has 1 amide bonds. The van der Waals surface area contributed by atoms with Gasteiger partial charge in [0.25, 0.3) is 15.0 Å². The van der Waals surface area contributed by atoms with Crippen molar-refractivity contribution in [3.63, 3.8) is 0 Å². The largest absolute Gasteiger partial charge is 0.478 e. The molecule has 1 rings (SSSR count). The van der Waals surface area contributed by atoms with Gasteiger partial charge >= 0.3 is 0 Å². The number of amides is 1. The second-order valence-corrected chi connectivity index (χ2v) is 6.89. The van der Waals surface area contributed by atoms with E-state index in [-0.39, 0.29) is 6.04 Å². The average molecular weight is 342 g/mol. The van der Waals surface area contributed by atoms with E-state index in [9.17, 15) is 22.0 Å². The van der Waals surface area contributed by atoms with Crippen LogP contribution in [0.15, 0.2) is 17.0 Å². The summed E-state index contributed by atoms with van der Waals surface area (Å²) in [6.07, 6.45) is 0.691. The van der Waals surface area contributed by atoms with Crippen LogP contribution in [0.2, 0.25) is 0 Å². The monoisotopic (exact) mass is 341 g/mol. The standard InChI is InChI=1S/C12H14ClF2NO4S/c1-3-7(2)16-11(17)6-20-12-9(14)4-8(5-10(12)15)21(13,18)19/h4-5,7H,3,6H2,1-2H3,(H,16,17). The molecule has 0 aliphatic rings. The predicted octanol–water partition coefficient (Wildman–Crippen LogP) is 2.19. The summed E-state index contributed by atoms with van der Waals surface area (Å²) in [5, 5.41) is 2.55. The molecule has 5 nitrogen and oxygen atoms in total. The summed E-state index contributed by atoms with van der Waals surface area (Å²) in [6, 6.07) is 0.945. The molecule has 1 atom stereocenters. The average Bonchev–Trinajstić information content (AvgIpc) is 2.36. The molecule has 1 N–H and O–H groups in total. The fourth-order valence-electron chi connectivity index (χ4n) is 1.37. The highest BCUT2D eigenvalue weighted by atomic mass is 35.7. The van der Waals surface area contributed by atoms with Gasteiger partial charge in [0.15, 0.2) is 24.0 Å². The molecular weight excluding hydrogens is 328 g/mol. The minimum atomic E-state index is -4.26. The summed E-state index contributed by atoms with van der Waals surface area (Å²) < 4.78 is 53.9. The zero-order valence-corrected chi connectivity index (χ0v) is 12.9. The smallest absolute Gasteiger partial charge is 0.261 e. The number of carbonyl (C=O) groups is 1. The predicted molar refractivity (Wildman–Crippen MR) is 72.8 cm³/mol. The maximum Gasteiger partial charge on any atom is 0.261 e. The van der Waals surface area contributed by atoms with E-state index in [1.54, 1.807) is 6.92 Å². The highest BCUT2D eigenvalue weighted by molar-refractivity contribution is 8.13. The fourth-order valence-corrected chi connectivity index (χ4v) is 2.13. The Bertz CT molecular complexity index is 613. The number of benzene rings is 1. The van der Waals surface area contributed by atoms with Gasteiger partial charge in [-0.3, -0.25) is 4.79 Å². The number of halogens is 3. The van der Waals surface area contributed by atoms with Gasteiger partial charge < -0.3 is 10.1 Å². The van der Waals surface area contributed by atoms with E-state index < -0.39 is 43.8 Å². The van der Waals surface area contributed by atoms with Crippen LogP contribution >= 0.6 is 10.7 Å². The van der Waals surface area contributed by atoms with E-state index >= 15 is 0 Å². The number of carbonyl (C=O) groups excluding carboxylic acids is 1. The molecule has 1 aromatic carbocycles. The van der Waals surface area contributed by atoms with Crippen molar-refractivity contribution < 1.29 is 26.7 Å². The topological polar surface area (TPSA) is 72.5 Å². The SMILES string of the molecule is CCC(C)NC(=O)COc1c(F)cc(S(=O)(=O)Cl)cc1F. The molecule has 0 spiro atoms. The Balaban J connectivity index is 2.84. The summed E-state index contributed by atoms with van der Waals surface area (Å²) >= 11 is 0.